The molecule has 6 nitrogen and oxygen atoms in total. The molecule has 3 N–H and O–H groups in total. The van der Waals surface area contributed by atoms with Gasteiger partial charge >= 0.3 is 5.97 Å². The lowest BCUT2D eigenvalue weighted by Gasteiger charge is -2.42. The quantitative estimate of drug-likeness (QED) is 0.286. The number of nitrogens with two attached hydrogens (primary N) is 1. The van der Waals surface area contributed by atoms with Gasteiger partial charge < -0.3 is 20.4 Å². The molecule has 6 heteroatoms. The Morgan fingerprint density at radius 1 is 1.30 bits per heavy atom. The monoisotopic (exact) mass is 320 g/mol. The first kappa shape index (κ1) is 17.3. The van der Waals surface area contributed by atoms with Crippen LogP contribution in [0.15, 0.2) is 29.4 Å². The highest BCUT2D eigenvalue weighted by molar-refractivity contribution is 5.96. The fraction of sp³-hybridized carbons (Fsp3) is 0.529. The molecular formula is C17H24N2O4. The SMILES string of the molecule is CC(C)(C)OC(=O)COC1(c2ccc(/C(N)=N/O)cc2)CCC1. The van der Waals surface area contributed by atoms with E-state index < -0.39 is 11.2 Å². The number of nitrogens with zero attached hydrogens (tertiary/aromatic N) is 1. The second kappa shape index (κ2) is 6.58. The largest absolute Gasteiger partial charge is 0.458 e. The minimum absolute atomic E-state index is 0.0638. The van der Waals surface area contributed by atoms with Gasteiger partial charge in [-0.15, -0.1) is 0 Å². The molecule has 0 amide bonds. The Balaban J connectivity index is 2.05. The Bertz CT molecular complexity index is 584. The molecule has 23 heavy (non-hydrogen) atoms. The maximum absolute atomic E-state index is 11.9. The molecule has 126 valence electrons. The van der Waals surface area contributed by atoms with Crippen LogP contribution in [0.5, 0.6) is 0 Å². The second-order valence-electron chi connectivity index (χ2n) is 6.79. The van der Waals surface area contributed by atoms with Crippen LogP contribution in [0.3, 0.4) is 0 Å². The van der Waals surface area contributed by atoms with Crippen molar-refractivity contribution in [3.63, 3.8) is 0 Å². The van der Waals surface area contributed by atoms with Crippen LogP contribution in [0.4, 0.5) is 0 Å². The molecule has 1 saturated carbocycles. The smallest absolute Gasteiger partial charge is 0.332 e. The van der Waals surface area contributed by atoms with Gasteiger partial charge in [0.1, 0.15) is 12.2 Å². The summed E-state index contributed by atoms with van der Waals surface area (Å²) < 4.78 is 11.2. The van der Waals surface area contributed by atoms with E-state index in [1.807, 2.05) is 32.9 Å². The molecule has 1 aliphatic carbocycles. The van der Waals surface area contributed by atoms with E-state index in [2.05, 4.69) is 5.16 Å². The van der Waals surface area contributed by atoms with E-state index in [1.54, 1.807) is 12.1 Å². The Morgan fingerprint density at radius 2 is 1.91 bits per heavy atom. The van der Waals surface area contributed by atoms with Crippen molar-refractivity contribution in [2.75, 3.05) is 6.61 Å². The number of amidine groups is 1. The van der Waals surface area contributed by atoms with E-state index in [-0.39, 0.29) is 18.4 Å². The van der Waals surface area contributed by atoms with Crippen LogP contribution in [0.2, 0.25) is 0 Å². The second-order valence-corrected chi connectivity index (χ2v) is 6.79. The summed E-state index contributed by atoms with van der Waals surface area (Å²) in [5.41, 5.74) is 6.23. The highest BCUT2D eigenvalue weighted by Crippen LogP contribution is 2.44. The van der Waals surface area contributed by atoms with Crippen molar-refractivity contribution >= 4 is 11.8 Å². The lowest BCUT2D eigenvalue weighted by Crippen LogP contribution is -2.39. The molecule has 1 aliphatic rings. The van der Waals surface area contributed by atoms with Crippen molar-refractivity contribution < 1.29 is 19.5 Å². The molecule has 0 atom stereocenters. The third-order valence-corrected chi connectivity index (χ3v) is 3.86. The van der Waals surface area contributed by atoms with Crippen LogP contribution in [0.1, 0.15) is 51.2 Å². The summed E-state index contributed by atoms with van der Waals surface area (Å²) in [7, 11) is 0. The van der Waals surface area contributed by atoms with Gasteiger partial charge in [0.25, 0.3) is 0 Å². The summed E-state index contributed by atoms with van der Waals surface area (Å²) in [6, 6.07) is 7.34. The van der Waals surface area contributed by atoms with Crippen molar-refractivity contribution in [1.82, 2.24) is 0 Å². The maximum atomic E-state index is 11.9. The molecular weight excluding hydrogens is 296 g/mol. The standard InChI is InChI=1S/C17H24N2O4/c1-16(2,3)23-14(20)11-22-17(9-4-10-17)13-7-5-12(6-8-13)15(18)19-21/h5-8,21H,4,9-11H2,1-3H3,(H2,18,19). The van der Waals surface area contributed by atoms with E-state index in [0.29, 0.717) is 5.56 Å². The van der Waals surface area contributed by atoms with E-state index >= 15 is 0 Å². The minimum atomic E-state index is -0.518. The highest BCUT2D eigenvalue weighted by Gasteiger charge is 2.40. The predicted octanol–water partition coefficient (Wildman–Crippen LogP) is 2.52. The fourth-order valence-corrected chi connectivity index (χ4v) is 2.58. The van der Waals surface area contributed by atoms with Gasteiger partial charge in [0.05, 0.1) is 5.60 Å². The van der Waals surface area contributed by atoms with Gasteiger partial charge in [-0.25, -0.2) is 4.79 Å². The number of hydrogen-bond donors (Lipinski definition) is 2. The molecule has 0 heterocycles. The summed E-state index contributed by atoms with van der Waals surface area (Å²) in [5, 5.41) is 11.7. The zero-order valence-electron chi connectivity index (χ0n) is 13.8. The number of hydrogen-bond acceptors (Lipinski definition) is 5. The van der Waals surface area contributed by atoms with Crippen LogP contribution in [-0.2, 0) is 19.9 Å². The van der Waals surface area contributed by atoms with Crippen LogP contribution in [-0.4, -0.2) is 29.2 Å². The zero-order valence-corrected chi connectivity index (χ0v) is 13.8. The van der Waals surface area contributed by atoms with Crippen molar-refractivity contribution in [3.8, 4) is 0 Å². The number of carbonyl (C=O) groups is 1. The summed E-state index contributed by atoms with van der Waals surface area (Å²) in [6.45, 7) is 5.42. The fourth-order valence-electron chi connectivity index (χ4n) is 2.58. The first-order chi connectivity index (χ1) is 10.8. The zero-order chi connectivity index (χ0) is 17.1. The van der Waals surface area contributed by atoms with Crippen LogP contribution < -0.4 is 5.73 Å². The summed E-state index contributed by atoms with van der Waals surface area (Å²) >= 11 is 0. The predicted molar refractivity (Wildman–Crippen MR) is 86.3 cm³/mol. The van der Waals surface area contributed by atoms with E-state index in [0.717, 1.165) is 24.8 Å². The Hall–Kier alpha value is -2.08. The number of ether oxygens (including phenoxy) is 2. The van der Waals surface area contributed by atoms with Gasteiger partial charge in [0, 0.05) is 5.56 Å². The molecule has 0 saturated heterocycles. The van der Waals surface area contributed by atoms with Gasteiger partial charge in [0.15, 0.2) is 5.84 Å². The van der Waals surface area contributed by atoms with E-state index in [1.165, 1.54) is 0 Å². The molecule has 0 aromatic heterocycles. The average Bonchev–Trinajstić information content (AvgIpc) is 2.44. The normalized spacial score (nSPS) is 17.4. The molecule has 0 unspecified atom stereocenters. The lowest BCUT2D eigenvalue weighted by atomic mass is 9.74. The van der Waals surface area contributed by atoms with E-state index in [9.17, 15) is 4.79 Å². The molecule has 1 aromatic rings. The Labute approximate surface area is 136 Å². The van der Waals surface area contributed by atoms with Gasteiger partial charge in [-0.1, -0.05) is 29.4 Å². The third-order valence-electron chi connectivity index (χ3n) is 3.86. The maximum Gasteiger partial charge on any atom is 0.332 e. The van der Waals surface area contributed by atoms with Crippen molar-refractivity contribution in [2.24, 2.45) is 10.9 Å². The van der Waals surface area contributed by atoms with Gasteiger partial charge in [-0.2, -0.15) is 0 Å². The molecule has 0 spiro atoms. The van der Waals surface area contributed by atoms with Crippen molar-refractivity contribution in [1.29, 1.82) is 0 Å². The van der Waals surface area contributed by atoms with E-state index in [4.69, 9.17) is 20.4 Å². The number of oxime groups is 1. The van der Waals surface area contributed by atoms with Crippen molar-refractivity contribution in [2.45, 2.75) is 51.2 Å². The summed E-state index contributed by atoms with van der Waals surface area (Å²) in [4.78, 5) is 11.9. The number of esters is 1. The average molecular weight is 320 g/mol. The van der Waals surface area contributed by atoms with Gasteiger partial charge in [-0.05, 0) is 45.6 Å². The highest BCUT2D eigenvalue weighted by atomic mass is 16.6. The molecule has 1 aromatic carbocycles. The minimum Gasteiger partial charge on any atom is -0.458 e. The van der Waals surface area contributed by atoms with Crippen LogP contribution in [0, 0.1) is 0 Å². The Kier molecular flexibility index (Phi) is 4.94. The number of benzene rings is 1. The molecule has 0 aliphatic heterocycles. The molecule has 0 radical (unpaired) electrons. The molecule has 2 rings (SSSR count). The first-order valence-electron chi connectivity index (χ1n) is 7.70. The van der Waals surface area contributed by atoms with Gasteiger partial charge in [-0.3, -0.25) is 0 Å². The van der Waals surface area contributed by atoms with Crippen LogP contribution in [0.25, 0.3) is 0 Å². The van der Waals surface area contributed by atoms with Gasteiger partial charge in [0.2, 0.25) is 0 Å². The Morgan fingerprint density at radius 3 is 2.35 bits per heavy atom. The van der Waals surface area contributed by atoms with Crippen LogP contribution >= 0.6 is 0 Å². The summed E-state index contributed by atoms with van der Waals surface area (Å²) in [5.74, 6) is -0.300. The summed E-state index contributed by atoms with van der Waals surface area (Å²) in [6.07, 6.45) is 2.77. The topological polar surface area (TPSA) is 94.1 Å². The first-order valence-corrected chi connectivity index (χ1v) is 7.70. The number of rotatable bonds is 5. The van der Waals surface area contributed by atoms with Crippen molar-refractivity contribution in [3.05, 3.63) is 35.4 Å². The molecule has 1 fully saturated rings. The lowest BCUT2D eigenvalue weighted by molar-refractivity contribution is -0.174. The third kappa shape index (κ3) is 4.22. The number of carbonyl (C=O) groups excluding carboxylic acids is 1. The molecule has 0 bridgehead atoms.